The highest BCUT2D eigenvalue weighted by Gasteiger charge is 2.35. The molecule has 0 fully saturated rings. The van der Waals surface area contributed by atoms with E-state index in [0.717, 1.165) is 17.0 Å². The van der Waals surface area contributed by atoms with E-state index in [0.29, 0.717) is 23.4 Å². The molecule has 0 aliphatic carbocycles. The molecule has 2 heterocycles. The molecule has 3 rings (SSSR count). The van der Waals surface area contributed by atoms with E-state index >= 15 is 0 Å². The van der Waals surface area contributed by atoms with Gasteiger partial charge in [0, 0.05) is 32.3 Å². The summed E-state index contributed by atoms with van der Waals surface area (Å²) < 4.78 is 1.42. The van der Waals surface area contributed by atoms with Gasteiger partial charge in [0.25, 0.3) is 11.8 Å². The summed E-state index contributed by atoms with van der Waals surface area (Å²) in [5.74, 6) is -1.31. The van der Waals surface area contributed by atoms with E-state index in [1.54, 1.807) is 24.4 Å². The molecular formula is C21H26N6O4. The van der Waals surface area contributed by atoms with Crippen molar-refractivity contribution >= 4 is 29.3 Å². The SMILES string of the molecule is Cc1ccc2c(c1)C(=O)N(CCC(=O)Nc1cnn(CC(=O)NCCN(C)C)c1)C2=O. The maximum atomic E-state index is 12.5. The standard InChI is InChI=1S/C21H26N6O4/c1-14-4-5-16-17(10-14)21(31)27(20(16)30)8-6-18(28)24-15-11-23-26(12-15)13-19(29)22-7-9-25(2)3/h4-5,10-12H,6-9,13H2,1-3H3,(H,22,29)(H,24,28). The van der Waals surface area contributed by atoms with Gasteiger partial charge in [-0.15, -0.1) is 0 Å². The second-order valence-electron chi connectivity index (χ2n) is 7.69. The summed E-state index contributed by atoms with van der Waals surface area (Å²) in [5.41, 5.74) is 2.06. The van der Waals surface area contributed by atoms with E-state index in [9.17, 15) is 19.2 Å². The van der Waals surface area contributed by atoms with Crippen molar-refractivity contribution in [1.82, 2.24) is 24.9 Å². The first-order chi connectivity index (χ1) is 14.7. The van der Waals surface area contributed by atoms with Gasteiger partial charge in [-0.25, -0.2) is 0 Å². The number of aromatic nitrogens is 2. The molecule has 0 atom stereocenters. The Morgan fingerprint density at radius 2 is 1.84 bits per heavy atom. The molecule has 0 bridgehead atoms. The maximum absolute atomic E-state index is 12.5. The number of nitrogens with one attached hydrogen (secondary N) is 2. The van der Waals surface area contributed by atoms with Gasteiger partial charge in [-0.1, -0.05) is 11.6 Å². The zero-order valence-electron chi connectivity index (χ0n) is 17.8. The normalized spacial score (nSPS) is 13.0. The smallest absolute Gasteiger partial charge is 0.261 e. The number of aryl methyl sites for hydroxylation is 1. The first-order valence-electron chi connectivity index (χ1n) is 9.95. The minimum absolute atomic E-state index is 0.0142. The highest BCUT2D eigenvalue weighted by Crippen LogP contribution is 2.24. The predicted molar refractivity (Wildman–Crippen MR) is 114 cm³/mol. The number of fused-ring (bicyclic) bond motifs is 1. The van der Waals surface area contributed by atoms with Crippen LogP contribution < -0.4 is 10.6 Å². The van der Waals surface area contributed by atoms with E-state index < -0.39 is 0 Å². The number of carbonyl (C=O) groups excluding carboxylic acids is 4. The summed E-state index contributed by atoms with van der Waals surface area (Å²) in [6.45, 7) is 3.14. The van der Waals surface area contributed by atoms with Gasteiger partial charge in [0.2, 0.25) is 11.8 Å². The fourth-order valence-electron chi connectivity index (χ4n) is 3.18. The lowest BCUT2D eigenvalue weighted by Crippen LogP contribution is -2.33. The number of hydrogen-bond donors (Lipinski definition) is 2. The summed E-state index contributed by atoms with van der Waals surface area (Å²) in [5, 5.41) is 9.51. The molecule has 10 nitrogen and oxygen atoms in total. The predicted octanol–water partition coefficient (Wildman–Crippen LogP) is 0.494. The van der Waals surface area contributed by atoms with E-state index in [1.165, 1.54) is 10.9 Å². The lowest BCUT2D eigenvalue weighted by molar-refractivity contribution is -0.121. The summed E-state index contributed by atoms with van der Waals surface area (Å²) in [6, 6.07) is 5.09. The van der Waals surface area contributed by atoms with Gasteiger partial charge >= 0.3 is 0 Å². The zero-order chi connectivity index (χ0) is 22.5. The van der Waals surface area contributed by atoms with Crippen molar-refractivity contribution in [3.63, 3.8) is 0 Å². The lowest BCUT2D eigenvalue weighted by atomic mass is 10.1. The number of likely N-dealkylation sites (N-methyl/N-ethyl adjacent to an activating group) is 1. The first-order valence-corrected chi connectivity index (χ1v) is 9.95. The Hall–Kier alpha value is -3.53. The molecule has 1 aliphatic heterocycles. The Morgan fingerprint density at radius 1 is 1.10 bits per heavy atom. The van der Waals surface area contributed by atoms with Crippen LogP contribution in [0.5, 0.6) is 0 Å². The second-order valence-corrected chi connectivity index (χ2v) is 7.69. The molecule has 164 valence electrons. The number of nitrogens with zero attached hydrogens (tertiary/aromatic N) is 4. The third-order valence-electron chi connectivity index (χ3n) is 4.79. The van der Waals surface area contributed by atoms with E-state index in [1.807, 2.05) is 25.9 Å². The monoisotopic (exact) mass is 426 g/mol. The molecule has 1 aliphatic rings. The lowest BCUT2D eigenvalue weighted by Gasteiger charge is -2.13. The van der Waals surface area contributed by atoms with Crippen molar-refractivity contribution in [2.24, 2.45) is 0 Å². The highest BCUT2D eigenvalue weighted by molar-refractivity contribution is 6.21. The van der Waals surface area contributed by atoms with Crippen molar-refractivity contribution in [3.8, 4) is 0 Å². The topological polar surface area (TPSA) is 117 Å². The van der Waals surface area contributed by atoms with Crippen LogP contribution in [0, 0.1) is 6.92 Å². The minimum atomic E-state index is -0.388. The second kappa shape index (κ2) is 9.52. The first kappa shape index (κ1) is 22.2. The van der Waals surface area contributed by atoms with Gasteiger partial charge < -0.3 is 15.5 Å². The summed E-state index contributed by atoms with van der Waals surface area (Å²) in [4.78, 5) is 52.1. The van der Waals surface area contributed by atoms with Gasteiger partial charge in [-0.2, -0.15) is 5.10 Å². The number of imide groups is 1. The fraction of sp³-hybridized carbons (Fsp3) is 0.381. The number of rotatable bonds is 9. The third kappa shape index (κ3) is 5.54. The van der Waals surface area contributed by atoms with Crippen molar-refractivity contribution in [1.29, 1.82) is 0 Å². The average molecular weight is 426 g/mol. The average Bonchev–Trinajstić information content (AvgIpc) is 3.22. The van der Waals surface area contributed by atoms with Gasteiger partial charge in [-0.05, 0) is 33.2 Å². The molecular weight excluding hydrogens is 400 g/mol. The highest BCUT2D eigenvalue weighted by atomic mass is 16.2. The molecule has 1 aromatic carbocycles. The quantitative estimate of drug-likeness (QED) is 0.564. The van der Waals surface area contributed by atoms with Gasteiger partial charge in [0.15, 0.2) is 0 Å². The Morgan fingerprint density at radius 3 is 2.58 bits per heavy atom. The third-order valence-corrected chi connectivity index (χ3v) is 4.79. The number of carbonyl (C=O) groups is 4. The van der Waals surface area contributed by atoms with Crippen LogP contribution in [0.15, 0.2) is 30.6 Å². The molecule has 2 N–H and O–H groups in total. The van der Waals surface area contributed by atoms with E-state index in [2.05, 4.69) is 15.7 Å². The number of benzene rings is 1. The maximum Gasteiger partial charge on any atom is 0.261 e. The van der Waals surface area contributed by atoms with Crippen molar-refractivity contribution < 1.29 is 19.2 Å². The Labute approximate surface area is 180 Å². The molecule has 0 saturated carbocycles. The van der Waals surface area contributed by atoms with Crippen molar-refractivity contribution in [3.05, 3.63) is 47.3 Å². The Balaban J connectivity index is 1.47. The molecule has 31 heavy (non-hydrogen) atoms. The summed E-state index contributed by atoms with van der Waals surface area (Å²) in [6.07, 6.45) is 2.95. The molecule has 2 aromatic rings. The van der Waals surface area contributed by atoms with Crippen molar-refractivity contribution in [2.75, 3.05) is 39.0 Å². The van der Waals surface area contributed by atoms with Crippen molar-refractivity contribution in [2.45, 2.75) is 19.9 Å². The molecule has 0 saturated heterocycles. The molecule has 0 spiro atoms. The number of hydrogen-bond acceptors (Lipinski definition) is 6. The molecule has 0 radical (unpaired) electrons. The summed E-state index contributed by atoms with van der Waals surface area (Å²) >= 11 is 0. The van der Waals surface area contributed by atoms with E-state index in [4.69, 9.17) is 0 Å². The van der Waals surface area contributed by atoms with Crippen LogP contribution >= 0.6 is 0 Å². The van der Waals surface area contributed by atoms with Gasteiger partial charge in [0.05, 0.1) is 23.0 Å². The molecule has 10 heteroatoms. The number of amides is 4. The largest absolute Gasteiger partial charge is 0.353 e. The van der Waals surface area contributed by atoms with Gasteiger partial charge in [-0.3, -0.25) is 28.8 Å². The zero-order valence-corrected chi connectivity index (χ0v) is 17.8. The van der Waals surface area contributed by atoms with Crippen LogP contribution in [-0.2, 0) is 16.1 Å². The minimum Gasteiger partial charge on any atom is -0.353 e. The van der Waals surface area contributed by atoms with Gasteiger partial charge in [0.1, 0.15) is 6.54 Å². The molecule has 4 amide bonds. The fourth-order valence-corrected chi connectivity index (χ4v) is 3.18. The number of anilines is 1. The van der Waals surface area contributed by atoms with Crippen LogP contribution in [0.2, 0.25) is 0 Å². The van der Waals surface area contributed by atoms with Crippen LogP contribution in [0.3, 0.4) is 0 Å². The van der Waals surface area contributed by atoms with Crippen LogP contribution in [-0.4, -0.2) is 76.9 Å². The molecule has 1 aromatic heterocycles. The summed E-state index contributed by atoms with van der Waals surface area (Å²) in [7, 11) is 3.84. The van der Waals surface area contributed by atoms with Crippen LogP contribution in [0.4, 0.5) is 5.69 Å². The Bertz CT molecular complexity index is 1010. The van der Waals surface area contributed by atoms with E-state index in [-0.39, 0.29) is 43.1 Å². The molecule has 0 unspecified atom stereocenters. The Kier molecular flexibility index (Phi) is 6.81. The van der Waals surface area contributed by atoms with Crippen LogP contribution in [0.1, 0.15) is 32.7 Å². The van der Waals surface area contributed by atoms with Crippen LogP contribution in [0.25, 0.3) is 0 Å².